The standard InChI is InChI=1S/C22H20FN3O5/c1-28-18-6-5-13(9-15(18)23)25-17-12-24-8-7-16(17)26(22(25)27)14-10-19(29-2)21(31-4)20(11-14)30-3/h5-12H,1-4H3. The number of aromatic nitrogens is 3. The Balaban J connectivity index is 2.03. The Bertz CT molecular complexity index is 1300. The van der Waals surface area contributed by atoms with Crippen molar-refractivity contribution in [3.63, 3.8) is 0 Å². The lowest BCUT2D eigenvalue weighted by atomic mass is 10.2. The molecule has 31 heavy (non-hydrogen) atoms. The second-order valence-electron chi connectivity index (χ2n) is 6.52. The number of hydrogen-bond acceptors (Lipinski definition) is 6. The number of imidazole rings is 1. The molecule has 0 bridgehead atoms. The first-order valence-electron chi connectivity index (χ1n) is 9.25. The van der Waals surface area contributed by atoms with Crippen LogP contribution < -0.4 is 24.6 Å². The van der Waals surface area contributed by atoms with Gasteiger partial charge < -0.3 is 18.9 Å². The highest BCUT2D eigenvalue weighted by atomic mass is 19.1. The number of halogens is 1. The molecule has 9 heteroatoms. The number of hydrogen-bond donors (Lipinski definition) is 0. The lowest BCUT2D eigenvalue weighted by Crippen LogP contribution is -2.22. The normalized spacial score (nSPS) is 10.9. The molecule has 0 unspecified atom stereocenters. The summed E-state index contributed by atoms with van der Waals surface area (Å²) in [6.07, 6.45) is 3.13. The largest absolute Gasteiger partial charge is 0.494 e. The van der Waals surface area contributed by atoms with Crippen molar-refractivity contribution in [2.75, 3.05) is 28.4 Å². The molecule has 4 rings (SSSR count). The third-order valence-corrected chi connectivity index (χ3v) is 4.94. The van der Waals surface area contributed by atoms with E-state index < -0.39 is 11.5 Å². The van der Waals surface area contributed by atoms with Crippen LogP contribution in [0.4, 0.5) is 4.39 Å². The zero-order valence-electron chi connectivity index (χ0n) is 17.4. The molecule has 0 aliphatic heterocycles. The van der Waals surface area contributed by atoms with Crippen molar-refractivity contribution in [2.24, 2.45) is 0 Å². The molecule has 0 N–H and O–H groups in total. The van der Waals surface area contributed by atoms with E-state index in [1.54, 1.807) is 36.7 Å². The quantitative estimate of drug-likeness (QED) is 0.472. The Labute approximate surface area is 177 Å². The molecule has 8 nitrogen and oxygen atoms in total. The van der Waals surface area contributed by atoms with E-state index in [-0.39, 0.29) is 5.75 Å². The summed E-state index contributed by atoms with van der Waals surface area (Å²) in [6.45, 7) is 0. The first kappa shape index (κ1) is 20.3. The van der Waals surface area contributed by atoms with Crippen LogP contribution in [0, 0.1) is 5.82 Å². The molecule has 2 heterocycles. The summed E-state index contributed by atoms with van der Waals surface area (Å²) in [4.78, 5) is 17.7. The van der Waals surface area contributed by atoms with Gasteiger partial charge in [0.05, 0.1) is 57.0 Å². The summed E-state index contributed by atoms with van der Waals surface area (Å²) in [6, 6.07) is 9.36. The highest BCUT2D eigenvalue weighted by molar-refractivity contribution is 5.79. The zero-order chi connectivity index (χ0) is 22.1. The number of ether oxygens (including phenoxy) is 4. The fourth-order valence-electron chi connectivity index (χ4n) is 3.54. The molecule has 4 aromatic rings. The molecule has 0 saturated carbocycles. The first-order valence-corrected chi connectivity index (χ1v) is 9.25. The van der Waals surface area contributed by atoms with Gasteiger partial charge in [-0.25, -0.2) is 9.18 Å². The molecule has 0 aliphatic carbocycles. The Kier molecular flexibility index (Phi) is 5.24. The summed E-state index contributed by atoms with van der Waals surface area (Å²) in [5, 5.41) is 0. The molecule has 0 radical (unpaired) electrons. The minimum atomic E-state index is -0.579. The maximum atomic E-state index is 14.4. The fraction of sp³-hybridized carbons (Fsp3) is 0.182. The zero-order valence-corrected chi connectivity index (χ0v) is 17.4. The van der Waals surface area contributed by atoms with E-state index >= 15 is 0 Å². The maximum absolute atomic E-state index is 14.4. The number of pyridine rings is 1. The van der Waals surface area contributed by atoms with Crippen LogP contribution in [-0.2, 0) is 0 Å². The lowest BCUT2D eigenvalue weighted by Gasteiger charge is -2.14. The van der Waals surface area contributed by atoms with Gasteiger partial charge in [0.15, 0.2) is 23.1 Å². The summed E-state index contributed by atoms with van der Waals surface area (Å²) in [5.74, 6) is 0.709. The van der Waals surface area contributed by atoms with Crippen LogP contribution in [0.25, 0.3) is 22.4 Å². The van der Waals surface area contributed by atoms with E-state index in [2.05, 4.69) is 4.98 Å². The Morgan fingerprint density at radius 1 is 0.774 bits per heavy atom. The minimum Gasteiger partial charge on any atom is -0.494 e. The van der Waals surface area contributed by atoms with Crippen molar-refractivity contribution in [1.29, 1.82) is 0 Å². The third-order valence-electron chi connectivity index (χ3n) is 4.94. The van der Waals surface area contributed by atoms with E-state index in [1.807, 2.05) is 0 Å². The summed E-state index contributed by atoms with van der Waals surface area (Å²) >= 11 is 0. The number of fused-ring (bicyclic) bond motifs is 1. The van der Waals surface area contributed by atoms with Crippen LogP contribution >= 0.6 is 0 Å². The molecular weight excluding hydrogens is 405 g/mol. The molecule has 2 aromatic carbocycles. The van der Waals surface area contributed by atoms with E-state index in [0.717, 1.165) is 0 Å². The average Bonchev–Trinajstić information content (AvgIpc) is 3.09. The van der Waals surface area contributed by atoms with E-state index in [1.165, 1.54) is 49.7 Å². The highest BCUT2D eigenvalue weighted by Gasteiger charge is 2.21. The van der Waals surface area contributed by atoms with Gasteiger partial charge in [-0.3, -0.25) is 14.1 Å². The number of nitrogens with zero attached hydrogens (tertiary/aromatic N) is 3. The van der Waals surface area contributed by atoms with Crippen LogP contribution in [0.15, 0.2) is 53.6 Å². The van der Waals surface area contributed by atoms with Gasteiger partial charge in [-0.1, -0.05) is 0 Å². The second-order valence-corrected chi connectivity index (χ2v) is 6.52. The first-order chi connectivity index (χ1) is 15.0. The smallest absolute Gasteiger partial charge is 0.338 e. The van der Waals surface area contributed by atoms with Crippen molar-refractivity contribution >= 4 is 11.0 Å². The number of rotatable bonds is 6. The Morgan fingerprint density at radius 3 is 2.00 bits per heavy atom. The molecule has 160 valence electrons. The topological polar surface area (TPSA) is 76.7 Å². The van der Waals surface area contributed by atoms with Crippen molar-refractivity contribution in [3.8, 4) is 34.4 Å². The van der Waals surface area contributed by atoms with Crippen LogP contribution in [0.5, 0.6) is 23.0 Å². The van der Waals surface area contributed by atoms with Gasteiger partial charge in [0.2, 0.25) is 5.75 Å². The van der Waals surface area contributed by atoms with Gasteiger partial charge in [0.25, 0.3) is 0 Å². The van der Waals surface area contributed by atoms with Gasteiger partial charge in [0, 0.05) is 24.4 Å². The van der Waals surface area contributed by atoms with Crippen molar-refractivity contribution in [1.82, 2.24) is 14.1 Å². The molecule has 0 amide bonds. The predicted octanol–water partition coefficient (Wildman–Crippen LogP) is 3.35. The average molecular weight is 425 g/mol. The van der Waals surface area contributed by atoms with Gasteiger partial charge in [-0.2, -0.15) is 0 Å². The van der Waals surface area contributed by atoms with Crippen molar-refractivity contribution in [3.05, 3.63) is 65.1 Å². The Morgan fingerprint density at radius 2 is 1.42 bits per heavy atom. The highest BCUT2D eigenvalue weighted by Crippen LogP contribution is 2.39. The van der Waals surface area contributed by atoms with Gasteiger partial charge in [-0.05, 0) is 18.2 Å². The van der Waals surface area contributed by atoms with Gasteiger partial charge >= 0.3 is 5.69 Å². The summed E-state index contributed by atoms with van der Waals surface area (Å²) in [7, 11) is 5.88. The second kappa shape index (κ2) is 8.02. The number of benzene rings is 2. The van der Waals surface area contributed by atoms with Crippen LogP contribution in [0.1, 0.15) is 0 Å². The maximum Gasteiger partial charge on any atom is 0.338 e. The van der Waals surface area contributed by atoms with E-state index in [9.17, 15) is 9.18 Å². The third kappa shape index (κ3) is 3.24. The molecule has 0 fully saturated rings. The van der Waals surface area contributed by atoms with E-state index in [0.29, 0.717) is 39.7 Å². The van der Waals surface area contributed by atoms with Gasteiger partial charge in [-0.15, -0.1) is 0 Å². The summed E-state index contributed by atoms with van der Waals surface area (Å²) in [5.41, 5.74) is 1.49. The number of methoxy groups -OCH3 is 4. The fourth-order valence-corrected chi connectivity index (χ4v) is 3.54. The minimum absolute atomic E-state index is 0.0864. The predicted molar refractivity (Wildman–Crippen MR) is 113 cm³/mol. The Hall–Kier alpha value is -4.01. The van der Waals surface area contributed by atoms with Gasteiger partial charge in [0.1, 0.15) is 0 Å². The SMILES string of the molecule is COc1ccc(-n2c(=O)n(-c3cc(OC)c(OC)c(OC)c3)c3ccncc32)cc1F. The lowest BCUT2D eigenvalue weighted by molar-refractivity contribution is 0.324. The molecule has 2 aromatic heterocycles. The molecule has 0 spiro atoms. The van der Waals surface area contributed by atoms with Crippen LogP contribution in [0.3, 0.4) is 0 Å². The van der Waals surface area contributed by atoms with Crippen molar-refractivity contribution < 1.29 is 23.3 Å². The summed E-state index contributed by atoms with van der Waals surface area (Å²) < 4.78 is 38.4. The molecule has 0 saturated heterocycles. The molecule has 0 aliphatic rings. The van der Waals surface area contributed by atoms with Crippen molar-refractivity contribution in [2.45, 2.75) is 0 Å². The molecule has 0 atom stereocenters. The van der Waals surface area contributed by atoms with E-state index in [4.69, 9.17) is 18.9 Å². The van der Waals surface area contributed by atoms with Crippen LogP contribution in [0.2, 0.25) is 0 Å². The molecular formula is C22H20FN3O5. The van der Waals surface area contributed by atoms with Crippen LogP contribution in [-0.4, -0.2) is 42.6 Å². The monoisotopic (exact) mass is 425 g/mol.